The lowest BCUT2D eigenvalue weighted by Gasteiger charge is -2.01. The molecule has 3 aromatic rings. The maximum Gasteiger partial charge on any atom is 0.234 e. The van der Waals surface area contributed by atoms with Gasteiger partial charge in [-0.2, -0.15) is 0 Å². The molecule has 0 saturated heterocycles. The molecular weight excluding hydrogens is 292 g/mol. The largest absolute Gasteiger partial charge is 0.350 e. The molecule has 0 spiro atoms. The minimum Gasteiger partial charge on any atom is -0.350 e. The molecule has 0 fully saturated rings. The summed E-state index contributed by atoms with van der Waals surface area (Å²) in [4.78, 5) is 28.2. The smallest absolute Gasteiger partial charge is 0.234 e. The zero-order valence-corrected chi connectivity index (χ0v) is 13.6. The third-order valence-corrected chi connectivity index (χ3v) is 3.75. The normalized spacial score (nSPS) is 11.1. The number of H-pyrrole nitrogens is 1. The molecule has 1 amide bonds. The van der Waals surface area contributed by atoms with Crippen molar-refractivity contribution in [1.82, 2.24) is 29.7 Å². The molecule has 120 valence electrons. The van der Waals surface area contributed by atoms with Crippen LogP contribution in [0.5, 0.6) is 0 Å². The topological polar surface area (TPSA) is 88.0 Å². The summed E-state index contributed by atoms with van der Waals surface area (Å²) in [5.74, 6) is 1.48. The van der Waals surface area contributed by atoms with E-state index in [9.17, 15) is 4.79 Å². The molecule has 0 radical (unpaired) electrons. The fraction of sp³-hybridized carbons (Fsp3) is 0.375. The number of hydrogen-bond donors (Lipinski definition) is 2. The Morgan fingerprint density at radius 1 is 1.26 bits per heavy atom. The first-order valence-electron chi connectivity index (χ1n) is 7.61. The lowest BCUT2D eigenvalue weighted by molar-refractivity contribution is -0.121. The van der Waals surface area contributed by atoms with Crippen LogP contribution in [-0.4, -0.2) is 30.2 Å². The molecule has 0 bridgehead atoms. The van der Waals surface area contributed by atoms with Gasteiger partial charge < -0.3 is 10.3 Å². The highest BCUT2D eigenvalue weighted by Crippen LogP contribution is 2.06. The number of carbonyl (C=O) groups excluding carboxylic acids is 1. The minimum absolute atomic E-state index is 0.0158. The van der Waals surface area contributed by atoms with Crippen molar-refractivity contribution in [3.63, 3.8) is 0 Å². The molecule has 3 aromatic heterocycles. The summed E-state index contributed by atoms with van der Waals surface area (Å²) in [7, 11) is 0. The van der Waals surface area contributed by atoms with Crippen LogP contribution >= 0.6 is 0 Å². The fourth-order valence-electron chi connectivity index (χ4n) is 2.34. The molecule has 3 rings (SSSR count). The summed E-state index contributed by atoms with van der Waals surface area (Å²) < 4.78 is 1.85. The number of carbonyl (C=O) groups is 1. The highest BCUT2D eigenvalue weighted by molar-refractivity contribution is 5.76. The molecule has 0 unspecified atom stereocenters. The molecule has 0 aromatic carbocycles. The van der Waals surface area contributed by atoms with Gasteiger partial charge in [0.1, 0.15) is 5.82 Å². The van der Waals surface area contributed by atoms with Crippen molar-refractivity contribution in [3.05, 3.63) is 47.1 Å². The maximum atomic E-state index is 11.9. The highest BCUT2D eigenvalue weighted by Gasteiger charge is 2.08. The van der Waals surface area contributed by atoms with E-state index in [2.05, 4.69) is 25.3 Å². The van der Waals surface area contributed by atoms with E-state index in [1.54, 1.807) is 0 Å². The first-order valence-corrected chi connectivity index (χ1v) is 7.61. The zero-order valence-electron chi connectivity index (χ0n) is 13.6. The molecule has 0 atom stereocenters. The van der Waals surface area contributed by atoms with Crippen LogP contribution in [0.2, 0.25) is 0 Å². The number of aromatic nitrogens is 5. The predicted molar refractivity (Wildman–Crippen MR) is 86.0 cm³/mol. The van der Waals surface area contributed by atoms with Gasteiger partial charge in [0.25, 0.3) is 0 Å². The fourth-order valence-corrected chi connectivity index (χ4v) is 2.34. The van der Waals surface area contributed by atoms with Crippen molar-refractivity contribution < 1.29 is 4.79 Å². The van der Waals surface area contributed by atoms with E-state index in [1.807, 2.05) is 43.6 Å². The Bertz CT molecular complexity index is 828. The van der Waals surface area contributed by atoms with E-state index in [1.165, 1.54) is 0 Å². The zero-order chi connectivity index (χ0) is 16.4. The third-order valence-electron chi connectivity index (χ3n) is 3.75. The molecule has 0 aliphatic heterocycles. The maximum absolute atomic E-state index is 11.9. The highest BCUT2D eigenvalue weighted by atomic mass is 16.1. The van der Waals surface area contributed by atoms with E-state index < -0.39 is 0 Å². The van der Waals surface area contributed by atoms with Crippen molar-refractivity contribution in [3.8, 4) is 0 Å². The van der Waals surface area contributed by atoms with E-state index in [4.69, 9.17) is 0 Å². The first kappa shape index (κ1) is 15.2. The molecule has 2 N–H and O–H groups in total. The van der Waals surface area contributed by atoms with E-state index in [-0.39, 0.29) is 5.91 Å². The van der Waals surface area contributed by atoms with Crippen LogP contribution in [0.1, 0.15) is 35.0 Å². The Morgan fingerprint density at radius 3 is 2.83 bits per heavy atom. The average Bonchev–Trinajstić information content (AvgIpc) is 3.06. The van der Waals surface area contributed by atoms with Crippen molar-refractivity contribution in [2.75, 3.05) is 0 Å². The number of nitrogens with one attached hydrogen (secondary N) is 2. The van der Waals surface area contributed by atoms with E-state index in [0.717, 1.165) is 28.6 Å². The van der Waals surface area contributed by atoms with Crippen LogP contribution in [0.25, 0.3) is 5.78 Å². The van der Waals surface area contributed by atoms with Gasteiger partial charge in [-0.15, -0.1) is 0 Å². The van der Waals surface area contributed by atoms with Crippen molar-refractivity contribution >= 4 is 11.7 Å². The molecule has 23 heavy (non-hydrogen) atoms. The molecule has 7 heteroatoms. The lowest BCUT2D eigenvalue weighted by atomic mass is 10.3. The number of nitrogens with zero attached hydrogens (tertiary/aromatic N) is 4. The summed E-state index contributed by atoms with van der Waals surface area (Å²) in [5, 5.41) is 2.88. The van der Waals surface area contributed by atoms with Crippen LogP contribution < -0.4 is 5.32 Å². The Balaban J connectivity index is 1.53. The monoisotopic (exact) mass is 312 g/mol. The summed E-state index contributed by atoms with van der Waals surface area (Å²) in [6.07, 6.45) is 4.79. The second kappa shape index (κ2) is 6.20. The lowest BCUT2D eigenvalue weighted by Crippen LogP contribution is -2.23. The standard InChI is InChI=1S/C16H20N6O/c1-10-6-7-22-9-13(21-16(22)18-10)8-17-15(23)5-4-14-19-11(2)12(3)20-14/h6-7,9H,4-5,8H2,1-3H3,(H,17,23)(H,19,20). The van der Waals surface area contributed by atoms with Crippen molar-refractivity contribution in [2.24, 2.45) is 0 Å². The van der Waals surface area contributed by atoms with Gasteiger partial charge in [-0.25, -0.2) is 15.0 Å². The van der Waals surface area contributed by atoms with Crippen LogP contribution in [0.4, 0.5) is 0 Å². The Morgan fingerprint density at radius 2 is 2.09 bits per heavy atom. The number of hydrogen-bond acceptors (Lipinski definition) is 4. The van der Waals surface area contributed by atoms with Gasteiger partial charge in [0, 0.05) is 36.6 Å². The number of aromatic amines is 1. The van der Waals surface area contributed by atoms with Gasteiger partial charge >= 0.3 is 0 Å². The number of aryl methyl sites for hydroxylation is 4. The molecular formula is C16H20N6O. The second-order valence-electron chi connectivity index (χ2n) is 5.68. The van der Waals surface area contributed by atoms with Gasteiger partial charge in [0.15, 0.2) is 0 Å². The van der Waals surface area contributed by atoms with Gasteiger partial charge in [0.05, 0.1) is 17.9 Å². The third kappa shape index (κ3) is 3.56. The van der Waals surface area contributed by atoms with Gasteiger partial charge in [-0.3, -0.25) is 9.20 Å². The Kier molecular flexibility index (Phi) is 4.10. The van der Waals surface area contributed by atoms with Crippen molar-refractivity contribution in [2.45, 2.75) is 40.2 Å². The second-order valence-corrected chi connectivity index (χ2v) is 5.68. The molecule has 0 saturated carbocycles. The van der Waals surface area contributed by atoms with Crippen molar-refractivity contribution in [1.29, 1.82) is 0 Å². The van der Waals surface area contributed by atoms with E-state index in [0.29, 0.717) is 25.2 Å². The average molecular weight is 312 g/mol. The number of amides is 1. The molecule has 0 aliphatic carbocycles. The molecule has 7 nitrogen and oxygen atoms in total. The predicted octanol–water partition coefficient (Wildman–Crippen LogP) is 1.63. The van der Waals surface area contributed by atoms with E-state index >= 15 is 0 Å². The van der Waals surface area contributed by atoms with Crippen LogP contribution in [0, 0.1) is 20.8 Å². The van der Waals surface area contributed by atoms with Crippen LogP contribution in [-0.2, 0) is 17.8 Å². The molecule has 0 aliphatic rings. The van der Waals surface area contributed by atoms with Gasteiger partial charge in [-0.1, -0.05) is 0 Å². The Labute approximate surface area is 134 Å². The van der Waals surface area contributed by atoms with Crippen LogP contribution in [0.3, 0.4) is 0 Å². The summed E-state index contributed by atoms with van der Waals surface area (Å²) in [5.41, 5.74) is 3.74. The SMILES string of the molecule is Cc1ccn2cc(CNC(=O)CCc3nc(C)c(C)[nH]3)nc2n1. The Hall–Kier alpha value is -2.70. The minimum atomic E-state index is -0.0158. The summed E-state index contributed by atoms with van der Waals surface area (Å²) >= 11 is 0. The number of fused-ring (bicyclic) bond motifs is 1. The van der Waals surface area contributed by atoms with Gasteiger partial charge in [-0.05, 0) is 26.8 Å². The number of imidazole rings is 2. The molecule has 3 heterocycles. The first-order chi connectivity index (χ1) is 11.0. The van der Waals surface area contributed by atoms with Gasteiger partial charge in [0.2, 0.25) is 11.7 Å². The quantitative estimate of drug-likeness (QED) is 0.749. The van der Waals surface area contributed by atoms with Crippen LogP contribution in [0.15, 0.2) is 18.5 Å². The summed E-state index contributed by atoms with van der Waals surface area (Å²) in [6.45, 7) is 6.26. The summed E-state index contributed by atoms with van der Waals surface area (Å²) in [6, 6.07) is 1.92. The number of rotatable bonds is 5.